The molecule has 562 valence electrons. The molecule has 9 nitrogen and oxygen atoms in total. The Kier molecular flexibility index (Phi) is 73.8. The topological polar surface area (TPSA) is 108 Å². The number of hydrogen-bond donors (Lipinski definition) is 1. The lowest BCUT2D eigenvalue weighted by Gasteiger charge is -2.24. The molecule has 0 radical (unpaired) electrons. The van der Waals surface area contributed by atoms with Gasteiger partial charge in [-0.15, -0.1) is 0 Å². The van der Waals surface area contributed by atoms with Crippen molar-refractivity contribution in [2.45, 2.75) is 354 Å². The molecule has 0 saturated carbocycles. The molecule has 0 aromatic carbocycles. The summed E-state index contributed by atoms with van der Waals surface area (Å²) in [6.07, 6.45) is 114. The minimum absolute atomic E-state index is 0.0289. The smallest absolute Gasteiger partial charge is 0.462 e. The zero-order chi connectivity index (χ0) is 71.1. The van der Waals surface area contributed by atoms with Crippen molar-refractivity contribution in [3.8, 4) is 0 Å². The van der Waals surface area contributed by atoms with Crippen molar-refractivity contribution in [3.63, 3.8) is 0 Å². The first-order chi connectivity index (χ1) is 48.0. The number of hydrogen-bond acceptors (Lipinski definition) is 7. The highest BCUT2D eigenvalue weighted by Crippen LogP contribution is 2.43. The molecule has 0 fully saturated rings. The summed E-state index contributed by atoms with van der Waals surface area (Å²) in [5, 5.41) is 0. The number of phosphoric ester groups is 1. The molecule has 0 bridgehead atoms. The maximum absolute atomic E-state index is 12.9. The van der Waals surface area contributed by atoms with Gasteiger partial charge >= 0.3 is 19.8 Å². The Labute approximate surface area is 605 Å². The predicted octanol–water partition coefficient (Wildman–Crippen LogP) is 27.3. The van der Waals surface area contributed by atoms with E-state index < -0.39 is 26.5 Å². The molecule has 0 aromatic rings. The third-order valence-electron chi connectivity index (χ3n) is 17.4. The number of ether oxygens (including phenoxy) is 2. The molecule has 0 saturated heterocycles. The Balaban J connectivity index is 3.96. The molecular formula is C88H153NO8P+. The van der Waals surface area contributed by atoms with E-state index in [4.69, 9.17) is 18.5 Å². The number of carbonyl (C=O) groups is 2. The summed E-state index contributed by atoms with van der Waals surface area (Å²) in [6.45, 7) is 4.24. The van der Waals surface area contributed by atoms with Crippen molar-refractivity contribution in [1.82, 2.24) is 0 Å². The van der Waals surface area contributed by atoms with Crippen LogP contribution in [0.25, 0.3) is 0 Å². The number of likely N-dealkylation sites (N-methyl/N-ethyl adjacent to an activating group) is 1. The van der Waals surface area contributed by atoms with Crippen molar-refractivity contribution >= 4 is 19.8 Å². The first-order valence-electron chi connectivity index (χ1n) is 40.6. The molecule has 0 heterocycles. The zero-order valence-electron chi connectivity index (χ0n) is 64.2. The summed E-state index contributed by atoms with van der Waals surface area (Å²) >= 11 is 0. The monoisotopic (exact) mass is 1380 g/mol. The van der Waals surface area contributed by atoms with Gasteiger partial charge in [-0.05, 0) is 116 Å². The van der Waals surface area contributed by atoms with Crippen LogP contribution in [0.2, 0.25) is 0 Å². The number of esters is 2. The van der Waals surface area contributed by atoms with Crippen LogP contribution in [0.1, 0.15) is 348 Å². The van der Waals surface area contributed by atoms with Crippen molar-refractivity contribution in [1.29, 1.82) is 0 Å². The number of allylic oxidation sites excluding steroid dienone is 24. The fourth-order valence-electron chi connectivity index (χ4n) is 11.3. The van der Waals surface area contributed by atoms with Crippen LogP contribution in [0.15, 0.2) is 146 Å². The highest BCUT2D eigenvalue weighted by molar-refractivity contribution is 7.47. The molecule has 98 heavy (non-hydrogen) atoms. The van der Waals surface area contributed by atoms with Crippen LogP contribution in [0.5, 0.6) is 0 Å². The molecule has 10 heteroatoms. The van der Waals surface area contributed by atoms with Gasteiger partial charge in [0.05, 0.1) is 27.7 Å². The van der Waals surface area contributed by atoms with E-state index in [2.05, 4.69) is 160 Å². The second-order valence-electron chi connectivity index (χ2n) is 28.0. The van der Waals surface area contributed by atoms with E-state index >= 15 is 0 Å². The summed E-state index contributed by atoms with van der Waals surface area (Å²) in [6, 6.07) is 0. The van der Waals surface area contributed by atoms with Gasteiger partial charge < -0.3 is 18.9 Å². The minimum Gasteiger partial charge on any atom is -0.462 e. The molecule has 2 unspecified atom stereocenters. The fourth-order valence-corrected chi connectivity index (χ4v) is 12.0. The van der Waals surface area contributed by atoms with Gasteiger partial charge in [0.2, 0.25) is 0 Å². The molecule has 0 aromatic heterocycles. The molecule has 0 amide bonds. The molecular weight excluding hydrogens is 1230 g/mol. The van der Waals surface area contributed by atoms with Gasteiger partial charge in [-0.25, -0.2) is 4.57 Å². The van der Waals surface area contributed by atoms with E-state index in [9.17, 15) is 19.0 Å². The highest BCUT2D eigenvalue weighted by atomic mass is 31.2. The van der Waals surface area contributed by atoms with Crippen molar-refractivity contribution in [2.24, 2.45) is 0 Å². The van der Waals surface area contributed by atoms with Crippen molar-refractivity contribution in [3.05, 3.63) is 146 Å². The maximum atomic E-state index is 12.9. The summed E-state index contributed by atoms with van der Waals surface area (Å²) in [5.74, 6) is -0.787. The summed E-state index contributed by atoms with van der Waals surface area (Å²) in [5.41, 5.74) is 0. The van der Waals surface area contributed by atoms with Crippen LogP contribution in [0.3, 0.4) is 0 Å². The van der Waals surface area contributed by atoms with E-state index in [1.165, 1.54) is 205 Å². The average molecular weight is 1380 g/mol. The molecule has 2 atom stereocenters. The largest absolute Gasteiger partial charge is 0.472 e. The Hall–Kier alpha value is -4.11. The van der Waals surface area contributed by atoms with E-state index in [0.29, 0.717) is 17.4 Å². The van der Waals surface area contributed by atoms with Crippen molar-refractivity contribution < 1.29 is 42.1 Å². The normalized spacial score (nSPS) is 13.8. The van der Waals surface area contributed by atoms with E-state index in [1.807, 2.05) is 21.1 Å². The Morgan fingerprint density at radius 2 is 0.551 bits per heavy atom. The molecule has 0 aliphatic rings. The van der Waals surface area contributed by atoms with Gasteiger partial charge in [0, 0.05) is 12.8 Å². The van der Waals surface area contributed by atoms with Crippen molar-refractivity contribution in [2.75, 3.05) is 47.5 Å². The zero-order valence-corrected chi connectivity index (χ0v) is 65.1. The van der Waals surface area contributed by atoms with Crippen LogP contribution in [-0.4, -0.2) is 74.9 Å². The fraction of sp³-hybridized carbons (Fsp3) is 0.705. The first kappa shape index (κ1) is 93.9. The van der Waals surface area contributed by atoms with Crippen LogP contribution < -0.4 is 0 Å². The second-order valence-corrected chi connectivity index (χ2v) is 29.5. The van der Waals surface area contributed by atoms with Crippen LogP contribution in [0.4, 0.5) is 0 Å². The van der Waals surface area contributed by atoms with E-state index in [-0.39, 0.29) is 32.0 Å². The average Bonchev–Trinajstić information content (AvgIpc) is 1.23. The Morgan fingerprint density at radius 1 is 0.316 bits per heavy atom. The number of nitrogens with zero attached hydrogens (tertiary/aromatic N) is 1. The van der Waals surface area contributed by atoms with Crippen LogP contribution >= 0.6 is 7.82 Å². The van der Waals surface area contributed by atoms with Gasteiger partial charge in [0.25, 0.3) is 0 Å². The number of quaternary nitrogens is 1. The lowest BCUT2D eigenvalue weighted by Crippen LogP contribution is -2.37. The van der Waals surface area contributed by atoms with Gasteiger partial charge in [-0.2, -0.15) is 0 Å². The Bertz CT molecular complexity index is 2170. The van der Waals surface area contributed by atoms with Crippen LogP contribution in [0, 0.1) is 0 Å². The predicted molar refractivity (Wildman–Crippen MR) is 427 cm³/mol. The highest BCUT2D eigenvalue weighted by Gasteiger charge is 2.27. The third-order valence-corrected chi connectivity index (χ3v) is 18.3. The lowest BCUT2D eigenvalue weighted by atomic mass is 10.0. The van der Waals surface area contributed by atoms with Gasteiger partial charge in [0.15, 0.2) is 6.10 Å². The quantitative estimate of drug-likeness (QED) is 0.0211. The molecule has 0 aliphatic heterocycles. The second kappa shape index (κ2) is 77.1. The number of unbranched alkanes of at least 4 members (excludes halogenated alkanes) is 36. The molecule has 1 N–H and O–H groups in total. The molecule has 0 spiro atoms. The lowest BCUT2D eigenvalue weighted by molar-refractivity contribution is -0.870. The van der Waals surface area contributed by atoms with Crippen LogP contribution in [-0.2, 0) is 32.7 Å². The summed E-state index contributed by atoms with van der Waals surface area (Å²) in [7, 11) is 1.48. The van der Waals surface area contributed by atoms with Gasteiger partial charge in [0.1, 0.15) is 19.8 Å². The van der Waals surface area contributed by atoms with Gasteiger partial charge in [-0.1, -0.05) is 365 Å². The molecule has 0 aliphatic carbocycles. The Morgan fingerprint density at radius 3 is 0.816 bits per heavy atom. The standard InChI is InChI=1S/C88H152NO8P/c1-6-8-10-12-14-16-18-20-22-24-26-28-30-32-34-36-38-40-42-43-44-45-47-49-51-53-55-57-59-61-63-65-67-69-71-73-75-77-79-81-88(91)97-86(85-96-98(92,93)95-83-82-89(3,4)5)84-94-87(90)80-78-76-74-72-70-68-66-64-62-60-58-56-54-52-50-48-46-41-39-37-35-33-31-29-27-25-23-21-19-17-15-13-11-9-7-2/h8-11,14-17,20-23,26-29,32-35,38,40,43-44,86H,6-7,12-13,18-19,24-25,30-31,36-37,39,41-42,45-85H2,1-5H3/p+1/b10-8-,11-9-,16-14-,17-15-,22-20-,23-21-,28-26-,29-27-,34-32-,35-33-,40-38-,44-43-. The first-order valence-corrected chi connectivity index (χ1v) is 42.1. The number of rotatable bonds is 74. The SMILES string of the molecule is CC/C=C\C/C=C\C/C=C\C/C=C\C/C=C\C/C=C\C/C=C\CCCCCCCCCCCCCCCCCCCC(=O)OC(COC(=O)CCCCCCCCCCCCCCCCCCCCC/C=C\C/C=C\C/C=C\C/C=C\C/C=C\CC)COP(=O)(O)OCC[N+](C)(C)C. The summed E-state index contributed by atoms with van der Waals surface area (Å²) in [4.78, 5) is 36.0. The number of phosphoric acid groups is 1. The molecule has 0 rings (SSSR count). The number of carbonyl (C=O) groups excluding carboxylic acids is 2. The van der Waals surface area contributed by atoms with E-state index in [1.54, 1.807) is 0 Å². The van der Waals surface area contributed by atoms with E-state index in [0.717, 1.165) is 109 Å². The summed E-state index contributed by atoms with van der Waals surface area (Å²) < 4.78 is 34.8. The minimum atomic E-state index is -4.40. The maximum Gasteiger partial charge on any atom is 0.472 e. The van der Waals surface area contributed by atoms with Gasteiger partial charge in [-0.3, -0.25) is 18.6 Å². The third kappa shape index (κ3) is 80.9.